The number of aromatic nitrogens is 2. The number of nitriles is 1. The van der Waals surface area contributed by atoms with Gasteiger partial charge in [-0.25, -0.2) is 5.10 Å². The summed E-state index contributed by atoms with van der Waals surface area (Å²) in [6.45, 7) is 0. The highest BCUT2D eigenvalue weighted by Gasteiger charge is 2.07. The van der Waals surface area contributed by atoms with E-state index in [2.05, 4.69) is 10.2 Å². The zero-order valence-corrected chi connectivity index (χ0v) is 10.2. The van der Waals surface area contributed by atoms with Crippen LogP contribution in [0, 0.1) is 11.3 Å². The van der Waals surface area contributed by atoms with Crippen molar-refractivity contribution in [3.05, 3.63) is 45.2 Å². The van der Waals surface area contributed by atoms with E-state index < -0.39 is 5.56 Å². The lowest BCUT2D eigenvalue weighted by atomic mass is 10.1. The topological polar surface area (TPSA) is 78.8 Å². The molecule has 2 rings (SSSR count). The Labute approximate surface area is 108 Å². The summed E-state index contributed by atoms with van der Waals surface area (Å²) in [4.78, 5) is 11.2. The molecule has 6 heteroatoms. The highest BCUT2D eigenvalue weighted by molar-refractivity contribution is 6.32. The van der Waals surface area contributed by atoms with Gasteiger partial charge in [0, 0.05) is 5.56 Å². The van der Waals surface area contributed by atoms with Crippen molar-refractivity contribution < 1.29 is 4.74 Å². The van der Waals surface area contributed by atoms with E-state index in [1.165, 1.54) is 13.2 Å². The summed E-state index contributed by atoms with van der Waals surface area (Å²) in [6, 6.07) is 8.30. The first-order chi connectivity index (χ1) is 8.65. The van der Waals surface area contributed by atoms with Gasteiger partial charge in [-0.15, -0.1) is 0 Å². The SMILES string of the molecule is COc1ccc(-c2cc(C#N)c(=O)[nH]n2)cc1Cl. The van der Waals surface area contributed by atoms with Crippen LogP contribution in [0.1, 0.15) is 5.56 Å². The van der Waals surface area contributed by atoms with Crippen LogP contribution in [-0.2, 0) is 0 Å². The lowest BCUT2D eigenvalue weighted by molar-refractivity contribution is 0.415. The molecule has 0 radical (unpaired) electrons. The van der Waals surface area contributed by atoms with Crippen LogP contribution >= 0.6 is 11.6 Å². The molecular weight excluding hydrogens is 254 g/mol. The van der Waals surface area contributed by atoms with Crippen molar-refractivity contribution in [2.45, 2.75) is 0 Å². The van der Waals surface area contributed by atoms with Gasteiger partial charge < -0.3 is 4.74 Å². The Morgan fingerprint density at radius 3 is 2.83 bits per heavy atom. The minimum Gasteiger partial charge on any atom is -0.495 e. The summed E-state index contributed by atoms with van der Waals surface area (Å²) >= 11 is 5.99. The van der Waals surface area contributed by atoms with E-state index in [1.54, 1.807) is 24.3 Å². The second-order valence-electron chi connectivity index (χ2n) is 3.46. The summed E-state index contributed by atoms with van der Waals surface area (Å²) in [5.74, 6) is 0.547. The molecule has 0 aliphatic carbocycles. The molecule has 0 unspecified atom stereocenters. The highest BCUT2D eigenvalue weighted by atomic mass is 35.5. The average molecular weight is 262 g/mol. The number of H-pyrrole nitrogens is 1. The first-order valence-corrected chi connectivity index (χ1v) is 5.37. The minimum atomic E-state index is -0.513. The Morgan fingerprint density at radius 2 is 2.22 bits per heavy atom. The number of methoxy groups -OCH3 is 1. The van der Waals surface area contributed by atoms with Gasteiger partial charge in [0.15, 0.2) is 0 Å². The predicted octanol–water partition coefficient (Wildman–Crippen LogP) is 1.97. The third kappa shape index (κ3) is 2.19. The molecule has 0 amide bonds. The van der Waals surface area contributed by atoms with Crippen molar-refractivity contribution in [2.24, 2.45) is 0 Å². The number of aromatic amines is 1. The summed E-state index contributed by atoms with van der Waals surface area (Å²) in [7, 11) is 1.52. The monoisotopic (exact) mass is 261 g/mol. The maximum absolute atomic E-state index is 11.2. The maximum Gasteiger partial charge on any atom is 0.282 e. The van der Waals surface area contributed by atoms with E-state index in [4.69, 9.17) is 21.6 Å². The summed E-state index contributed by atoms with van der Waals surface area (Å²) in [5, 5.41) is 15.3. The molecule has 18 heavy (non-hydrogen) atoms. The van der Waals surface area contributed by atoms with E-state index in [-0.39, 0.29) is 5.56 Å². The number of ether oxygens (including phenoxy) is 1. The Hall–Kier alpha value is -2.32. The van der Waals surface area contributed by atoms with Crippen molar-refractivity contribution in [3.8, 4) is 23.1 Å². The first-order valence-electron chi connectivity index (χ1n) is 4.99. The Balaban J connectivity index is 2.53. The van der Waals surface area contributed by atoms with E-state index in [1.807, 2.05) is 0 Å². The zero-order chi connectivity index (χ0) is 13.1. The van der Waals surface area contributed by atoms with Crippen molar-refractivity contribution in [2.75, 3.05) is 7.11 Å². The zero-order valence-electron chi connectivity index (χ0n) is 9.40. The molecule has 0 atom stereocenters. The highest BCUT2D eigenvalue weighted by Crippen LogP contribution is 2.28. The second-order valence-corrected chi connectivity index (χ2v) is 3.86. The summed E-state index contributed by atoms with van der Waals surface area (Å²) < 4.78 is 5.04. The molecule has 2 aromatic rings. The largest absolute Gasteiger partial charge is 0.495 e. The van der Waals surface area contributed by atoms with E-state index in [9.17, 15) is 4.79 Å². The van der Waals surface area contributed by atoms with E-state index >= 15 is 0 Å². The molecule has 0 bridgehead atoms. The van der Waals surface area contributed by atoms with Crippen LogP contribution in [0.5, 0.6) is 5.75 Å². The van der Waals surface area contributed by atoms with Crippen LogP contribution < -0.4 is 10.3 Å². The van der Waals surface area contributed by atoms with Gasteiger partial charge in [-0.1, -0.05) is 11.6 Å². The van der Waals surface area contributed by atoms with Gasteiger partial charge in [-0.05, 0) is 24.3 Å². The van der Waals surface area contributed by atoms with E-state index in [0.717, 1.165) is 0 Å². The number of rotatable bonds is 2. The van der Waals surface area contributed by atoms with Gasteiger partial charge in [0.05, 0.1) is 17.8 Å². The molecule has 1 aromatic heterocycles. The fourth-order valence-corrected chi connectivity index (χ4v) is 1.72. The van der Waals surface area contributed by atoms with Crippen LogP contribution in [-0.4, -0.2) is 17.3 Å². The number of nitrogens with zero attached hydrogens (tertiary/aromatic N) is 2. The summed E-state index contributed by atoms with van der Waals surface area (Å²) in [6.07, 6.45) is 0. The normalized spacial score (nSPS) is 9.83. The van der Waals surface area contributed by atoms with Crippen LogP contribution in [0.3, 0.4) is 0 Å². The van der Waals surface area contributed by atoms with Gasteiger partial charge >= 0.3 is 0 Å². The first kappa shape index (κ1) is 12.1. The number of benzene rings is 1. The van der Waals surface area contributed by atoms with Crippen LogP contribution in [0.15, 0.2) is 29.1 Å². The lowest BCUT2D eigenvalue weighted by Gasteiger charge is -2.05. The molecule has 0 fully saturated rings. The molecule has 5 nitrogen and oxygen atoms in total. The number of hydrogen-bond donors (Lipinski definition) is 1. The van der Waals surface area contributed by atoms with E-state index in [0.29, 0.717) is 22.0 Å². The van der Waals surface area contributed by atoms with Crippen LogP contribution in [0.2, 0.25) is 5.02 Å². The molecular formula is C12H8ClN3O2. The van der Waals surface area contributed by atoms with Gasteiger partial charge in [-0.2, -0.15) is 10.4 Å². The average Bonchev–Trinajstić information content (AvgIpc) is 2.39. The number of nitrogens with one attached hydrogen (secondary N) is 1. The van der Waals surface area contributed by atoms with Crippen molar-refractivity contribution in [1.82, 2.24) is 10.2 Å². The van der Waals surface area contributed by atoms with Crippen molar-refractivity contribution >= 4 is 11.6 Å². The van der Waals surface area contributed by atoms with Crippen molar-refractivity contribution in [1.29, 1.82) is 5.26 Å². The molecule has 0 saturated heterocycles. The predicted molar refractivity (Wildman–Crippen MR) is 66.6 cm³/mol. The minimum absolute atomic E-state index is 0.00643. The fourth-order valence-electron chi connectivity index (χ4n) is 1.46. The molecule has 0 saturated carbocycles. The Morgan fingerprint density at radius 1 is 1.44 bits per heavy atom. The Kier molecular flexibility index (Phi) is 3.31. The van der Waals surface area contributed by atoms with Gasteiger partial charge in [0.1, 0.15) is 17.4 Å². The Bertz CT molecular complexity index is 688. The molecule has 1 heterocycles. The second kappa shape index (κ2) is 4.90. The van der Waals surface area contributed by atoms with Crippen LogP contribution in [0.25, 0.3) is 11.3 Å². The van der Waals surface area contributed by atoms with Gasteiger partial charge in [0.2, 0.25) is 0 Å². The smallest absolute Gasteiger partial charge is 0.282 e. The number of hydrogen-bond acceptors (Lipinski definition) is 4. The molecule has 0 aliphatic heterocycles. The molecule has 1 aromatic carbocycles. The standard InChI is InChI=1S/C12H8ClN3O2/c1-18-11-3-2-7(4-9(11)13)10-5-8(6-14)12(17)16-15-10/h2-5H,1H3,(H,16,17). The quantitative estimate of drug-likeness (QED) is 0.896. The number of halogens is 1. The van der Waals surface area contributed by atoms with Gasteiger partial charge in [-0.3, -0.25) is 4.79 Å². The van der Waals surface area contributed by atoms with Gasteiger partial charge in [0.25, 0.3) is 5.56 Å². The lowest BCUT2D eigenvalue weighted by Crippen LogP contribution is -2.11. The van der Waals surface area contributed by atoms with Crippen molar-refractivity contribution in [3.63, 3.8) is 0 Å². The maximum atomic E-state index is 11.2. The third-order valence-corrected chi connectivity index (χ3v) is 2.67. The molecule has 90 valence electrons. The molecule has 1 N–H and O–H groups in total. The summed E-state index contributed by atoms with van der Waals surface area (Å²) in [5.41, 5.74) is 0.650. The van der Waals surface area contributed by atoms with Crippen LogP contribution in [0.4, 0.5) is 0 Å². The molecule has 0 aliphatic rings. The third-order valence-electron chi connectivity index (χ3n) is 2.37. The fraction of sp³-hybridized carbons (Fsp3) is 0.0833. The molecule has 0 spiro atoms.